The molecule has 12 heavy (non-hydrogen) atoms. The molecule has 0 aliphatic carbocycles. The molecular weight excluding hydrogens is 144 g/mol. The first-order valence-electron chi connectivity index (χ1n) is 4.40. The maximum Gasteiger partial charge on any atom is -0.0300 e. The van der Waals surface area contributed by atoms with Gasteiger partial charge in [-0.05, 0) is 31.4 Å². The van der Waals surface area contributed by atoms with Gasteiger partial charge in [0.15, 0.2) is 0 Å². The predicted octanol–water partition coefficient (Wildman–Crippen LogP) is 4.03. The molecule has 0 bridgehead atoms. The lowest BCUT2D eigenvalue weighted by Gasteiger charge is -2.01. The lowest BCUT2D eigenvalue weighted by Crippen LogP contribution is -1.81. The van der Waals surface area contributed by atoms with Crippen LogP contribution in [0.1, 0.15) is 27.2 Å². The van der Waals surface area contributed by atoms with Gasteiger partial charge >= 0.3 is 0 Å². The fourth-order valence-electron chi connectivity index (χ4n) is 0.973. The third kappa shape index (κ3) is 3.97. The summed E-state index contributed by atoms with van der Waals surface area (Å²) in [5.41, 5.74) is 2.41. The summed E-state index contributed by atoms with van der Waals surface area (Å²) in [6.45, 7) is 10.1. The second kappa shape index (κ2) is 6.66. The minimum Gasteiger partial charge on any atom is -0.0915 e. The van der Waals surface area contributed by atoms with Crippen LogP contribution in [0.5, 0.6) is 0 Å². The Morgan fingerprint density at radius 3 is 2.33 bits per heavy atom. The summed E-state index contributed by atoms with van der Waals surface area (Å²) in [5, 5.41) is 0. The van der Waals surface area contributed by atoms with Crippen LogP contribution in [0, 0.1) is 0 Å². The van der Waals surface area contributed by atoms with E-state index in [1.165, 1.54) is 5.57 Å². The molecule has 0 radical (unpaired) electrons. The van der Waals surface area contributed by atoms with Gasteiger partial charge in [0, 0.05) is 0 Å². The van der Waals surface area contributed by atoms with Crippen LogP contribution in [0.2, 0.25) is 0 Å². The monoisotopic (exact) mass is 162 g/mol. The second-order valence-electron chi connectivity index (χ2n) is 2.60. The summed E-state index contributed by atoms with van der Waals surface area (Å²) >= 11 is 0. The lowest BCUT2D eigenvalue weighted by molar-refractivity contribution is 1.13. The van der Waals surface area contributed by atoms with Gasteiger partial charge in [-0.3, -0.25) is 0 Å². The molecule has 0 saturated carbocycles. The van der Waals surface area contributed by atoms with E-state index in [1.807, 2.05) is 38.2 Å². The number of hydrogen-bond donors (Lipinski definition) is 0. The van der Waals surface area contributed by atoms with Crippen LogP contribution in [-0.4, -0.2) is 0 Å². The SMILES string of the molecule is C=C(/C=C\C)/C(=C/C=C\C)CC. The zero-order valence-corrected chi connectivity index (χ0v) is 8.30. The highest BCUT2D eigenvalue weighted by Gasteiger charge is 1.93. The molecule has 0 rings (SSSR count). The highest BCUT2D eigenvalue weighted by molar-refractivity contribution is 5.38. The molecule has 66 valence electrons. The van der Waals surface area contributed by atoms with Crippen LogP contribution < -0.4 is 0 Å². The third-order valence-corrected chi connectivity index (χ3v) is 1.65. The number of rotatable bonds is 4. The summed E-state index contributed by atoms with van der Waals surface area (Å²) in [4.78, 5) is 0. The zero-order valence-electron chi connectivity index (χ0n) is 8.30. The molecular formula is C12H18. The molecule has 0 aromatic heterocycles. The molecule has 0 saturated heterocycles. The summed E-state index contributed by atoms with van der Waals surface area (Å²) in [7, 11) is 0. The van der Waals surface area contributed by atoms with Crippen molar-refractivity contribution in [1.29, 1.82) is 0 Å². The predicted molar refractivity (Wildman–Crippen MR) is 57.1 cm³/mol. The quantitative estimate of drug-likeness (QED) is 0.547. The maximum absolute atomic E-state index is 3.98. The van der Waals surface area contributed by atoms with E-state index in [4.69, 9.17) is 0 Å². The Kier molecular flexibility index (Phi) is 6.08. The first-order valence-corrected chi connectivity index (χ1v) is 4.40. The van der Waals surface area contributed by atoms with Crippen LogP contribution in [0.15, 0.2) is 48.1 Å². The van der Waals surface area contributed by atoms with Gasteiger partial charge in [-0.15, -0.1) is 0 Å². The Hall–Kier alpha value is -1.04. The molecule has 0 nitrogen and oxygen atoms in total. The van der Waals surface area contributed by atoms with Gasteiger partial charge in [0.25, 0.3) is 0 Å². The van der Waals surface area contributed by atoms with Crippen LogP contribution in [-0.2, 0) is 0 Å². The minimum atomic E-state index is 1.04. The van der Waals surface area contributed by atoms with Crippen molar-refractivity contribution in [3.8, 4) is 0 Å². The Morgan fingerprint density at radius 1 is 1.25 bits per heavy atom. The van der Waals surface area contributed by atoms with Gasteiger partial charge in [0.05, 0.1) is 0 Å². The third-order valence-electron chi connectivity index (χ3n) is 1.65. The topological polar surface area (TPSA) is 0 Å². The molecule has 0 N–H and O–H groups in total. The van der Waals surface area contributed by atoms with Gasteiger partial charge in [-0.25, -0.2) is 0 Å². The summed E-state index contributed by atoms with van der Waals surface area (Å²) in [5.74, 6) is 0. The molecule has 0 aromatic rings. The van der Waals surface area contributed by atoms with Crippen molar-refractivity contribution < 1.29 is 0 Å². The molecule has 0 atom stereocenters. The first kappa shape index (κ1) is 11.0. The maximum atomic E-state index is 3.98. The van der Waals surface area contributed by atoms with Crippen molar-refractivity contribution in [3.63, 3.8) is 0 Å². The van der Waals surface area contributed by atoms with E-state index in [9.17, 15) is 0 Å². The molecule has 0 aromatic carbocycles. The van der Waals surface area contributed by atoms with E-state index in [0.29, 0.717) is 0 Å². The van der Waals surface area contributed by atoms with Crippen molar-refractivity contribution in [2.24, 2.45) is 0 Å². The van der Waals surface area contributed by atoms with Crippen molar-refractivity contribution >= 4 is 0 Å². The second-order valence-corrected chi connectivity index (χ2v) is 2.60. The van der Waals surface area contributed by atoms with E-state index in [2.05, 4.69) is 19.6 Å². The molecule has 0 aliphatic heterocycles. The summed E-state index contributed by atoms with van der Waals surface area (Å²) in [6, 6.07) is 0. The lowest BCUT2D eigenvalue weighted by atomic mass is 10.0. The molecule has 0 heterocycles. The van der Waals surface area contributed by atoms with Crippen LogP contribution in [0.25, 0.3) is 0 Å². The molecule has 0 heteroatoms. The summed E-state index contributed by atoms with van der Waals surface area (Å²) in [6.07, 6.45) is 11.3. The Morgan fingerprint density at radius 2 is 1.92 bits per heavy atom. The van der Waals surface area contributed by atoms with Gasteiger partial charge < -0.3 is 0 Å². The van der Waals surface area contributed by atoms with E-state index in [1.54, 1.807) is 0 Å². The fourth-order valence-corrected chi connectivity index (χ4v) is 0.973. The van der Waals surface area contributed by atoms with Crippen molar-refractivity contribution in [2.45, 2.75) is 27.2 Å². The van der Waals surface area contributed by atoms with E-state index in [-0.39, 0.29) is 0 Å². The highest BCUT2D eigenvalue weighted by Crippen LogP contribution is 2.13. The Bertz CT molecular complexity index is 214. The number of allylic oxidation sites excluding steroid dienone is 7. The van der Waals surface area contributed by atoms with Crippen molar-refractivity contribution in [1.82, 2.24) is 0 Å². The number of hydrogen-bond acceptors (Lipinski definition) is 0. The van der Waals surface area contributed by atoms with E-state index < -0.39 is 0 Å². The fraction of sp³-hybridized carbons (Fsp3) is 0.333. The van der Waals surface area contributed by atoms with Crippen molar-refractivity contribution in [2.75, 3.05) is 0 Å². The average molecular weight is 162 g/mol. The van der Waals surface area contributed by atoms with Gasteiger partial charge in [-0.2, -0.15) is 0 Å². The minimum absolute atomic E-state index is 1.04. The molecule has 0 amide bonds. The first-order chi connectivity index (χ1) is 5.76. The standard InChI is InChI=1S/C12H18/c1-5-8-10-12(7-3)11(4)9-6-2/h5-6,8-10H,4,7H2,1-3H3/b8-5-,9-6-,12-10+. The zero-order chi connectivity index (χ0) is 9.40. The van der Waals surface area contributed by atoms with Gasteiger partial charge in [0.1, 0.15) is 0 Å². The average Bonchev–Trinajstić information content (AvgIpc) is 2.06. The molecule has 0 aliphatic rings. The smallest absolute Gasteiger partial charge is 0.0300 e. The van der Waals surface area contributed by atoms with Crippen LogP contribution in [0.4, 0.5) is 0 Å². The molecule has 0 spiro atoms. The molecule has 0 unspecified atom stereocenters. The Labute approximate surface area is 76.0 Å². The van der Waals surface area contributed by atoms with Crippen molar-refractivity contribution in [3.05, 3.63) is 48.1 Å². The Balaban J connectivity index is 4.44. The molecule has 0 fully saturated rings. The van der Waals surface area contributed by atoms with Crippen LogP contribution >= 0.6 is 0 Å². The van der Waals surface area contributed by atoms with Gasteiger partial charge in [0.2, 0.25) is 0 Å². The van der Waals surface area contributed by atoms with E-state index >= 15 is 0 Å². The summed E-state index contributed by atoms with van der Waals surface area (Å²) < 4.78 is 0. The normalized spacial score (nSPS) is 13.1. The van der Waals surface area contributed by atoms with Crippen LogP contribution in [0.3, 0.4) is 0 Å². The van der Waals surface area contributed by atoms with E-state index in [0.717, 1.165) is 12.0 Å². The highest BCUT2D eigenvalue weighted by atomic mass is 14.0. The largest absolute Gasteiger partial charge is 0.0915 e. The van der Waals surface area contributed by atoms with Gasteiger partial charge in [-0.1, -0.05) is 43.9 Å².